The molecule has 0 bridgehead atoms. The summed E-state index contributed by atoms with van der Waals surface area (Å²) in [5.41, 5.74) is 1.70. The molecule has 1 aliphatic carbocycles. The molecule has 0 saturated carbocycles. The van der Waals surface area contributed by atoms with E-state index in [4.69, 9.17) is 4.52 Å². The van der Waals surface area contributed by atoms with E-state index >= 15 is 0 Å². The van der Waals surface area contributed by atoms with Gasteiger partial charge in [-0.3, -0.25) is 9.78 Å². The number of fused-ring (bicyclic) bond motifs is 1. The molecule has 0 aliphatic heterocycles. The van der Waals surface area contributed by atoms with E-state index in [0.717, 1.165) is 19.3 Å². The summed E-state index contributed by atoms with van der Waals surface area (Å²) in [6, 6.07) is 8.26. The number of hydrogen-bond donors (Lipinski definition) is 1. The van der Waals surface area contributed by atoms with Crippen LogP contribution in [0.1, 0.15) is 35.7 Å². The summed E-state index contributed by atoms with van der Waals surface area (Å²) in [5, 5.41) is 4.08. The second kappa shape index (κ2) is 5.59. The Bertz CT molecular complexity index is 1010. The van der Waals surface area contributed by atoms with Crippen LogP contribution in [-0.4, -0.2) is 19.7 Å². The quantitative estimate of drug-likeness (QED) is 0.772. The molecule has 7 nitrogen and oxygen atoms in total. The van der Waals surface area contributed by atoms with Crippen LogP contribution in [0.15, 0.2) is 44.6 Å². The Balaban J connectivity index is 1.76. The summed E-state index contributed by atoms with van der Waals surface area (Å²) >= 11 is 0. The van der Waals surface area contributed by atoms with Gasteiger partial charge in [0.15, 0.2) is 5.82 Å². The van der Waals surface area contributed by atoms with Crippen LogP contribution < -0.4 is 11.2 Å². The third-order valence-electron chi connectivity index (χ3n) is 4.46. The minimum Gasteiger partial charge on any atom is -0.334 e. The van der Waals surface area contributed by atoms with E-state index in [9.17, 15) is 9.59 Å². The molecule has 0 spiro atoms. The van der Waals surface area contributed by atoms with E-state index in [-0.39, 0.29) is 17.4 Å². The number of benzene rings is 1. The van der Waals surface area contributed by atoms with Gasteiger partial charge in [-0.25, -0.2) is 4.79 Å². The Kier molecular flexibility index (Phi) is 3.41. The normalized spacial score (nSPS) is 16.8. The van der Waals surface area contributed by atoms with Crippen LogP contribution in [0.2, 0.25) is 0 Å². The van der Waals surface area contributed by atoms with Gasteiger partial charge in [-0.1, -0.05) is 29.4 Å². The molecule has 0 amide bonds. The fourth-order valence-corrected chi connectivity index (χ4v) is 3.22. The third-order valence-corrected chi connectivity index (χ3v) is 4.46. The maximum Gasteiger partial charge on any atom is 0.328 e. The van der Waals surface area contributed by atoms with Crippen molar-refractivity contribution in [2.75, 3.05) is 0 Å². The van der Waals surface area contributed by atoms with Crippen LogP contribution in [0.3, 0.4) is 0 Å². The summed E-state index contributed by atoms with van der Waals surface area (Å²) in [7, 11) is 1.55. The lowest BCUT2D eigenvalue weighted by Gasteiger charge is -2.22. The molecule has 2 heterocycles. The summed E-state index contributed by atoms with van der Waals surface area (Å²) in [5.74, 6) is 0.773. The Morgan fingerprint density at radius 2 is 2.12 bits per heavy atom. The lowest BCUT2D eigenvalue weighted by atomic mass is 9.82. The number of nitrogens with one attached hydrogen (secondary N) is 1. The van der Waals surface area contributed by atoms with Gasteiger partial charge in [0.05, 0.1) is 0 Å². The molecule has 1 unspecified atom stereocenters. The molecular formula is C17H16N4O3. The highest BCUT2D eigenvalue weighted by Gasteiger charge is 2.26. The van der Waals surface area contributed by atoms with Gasteiger partial charge in [0.1, 0.15) is 5.56 Å². The van der Waals surface area contributed by atoms with E-state index in [1.807, 2.05) is 12.1 Å². The highest BCUT2D eigenvalue weighted by Crippen LogP contribution is 2.35. The topological polar surface area (TPSA) is 93.8 Å². The molecule has 3 aromatic rings. The van der Waals surface area contributed by atoms with Crippen LogP contribution >= 0.6 is 0 Å². The van der Waals surface area contributed by atoms with Gasteiger partial charge in [-0.05, 0) is 30.4 Å². The van der Waals surface area contributed by atoms with Crippen molar-refractivity contribution in [3.8, 4) is 11.5 Å². The van der Waals surface area contributed by atoms with Gasteiger partial charge in [0.25, 0.3) is 11.4 Å². The largest absolute Gasteiger partial charge is 0.334 e. The van der Waals surface area contributed by atoms with E-state index < -0.39 is 11.2 Å². The van der Waals surface area contributed by atoms with Crippen molar-refractivity contribution < 1.29 is 4.52 Å². The molecule has 1 aromatic carbocycles. The number of aromatic nitrogens is 4. The number of aryl methyl sites for hydroxylation is 2. The van der Waals surface area contributed by atoms with Crippen molar-refractivity contribution in [3.63, 3.8) is 0 Å². The number of hydrogen-bond acceptors (Lipinski definition) is 5. The molecule has 7 heteroatoms. The fourth-order valence-electron chi connectivity index (χ4n) is 3.22. The number of aromatic amines is 1. The van der Waals surface area contributed by atoms with Crippen LogP contribution in [-0.2, 0) is 13.5 Å². The molecule has 0 radical (unpaired) electrons. The number of H-pyrrole nitrogens is 1. The van der Waals surface area contributed by atoms with Gasteiger partial charge in [0, 0.05) is 19.2 Å². The average Bonchev–Trinajstić information content (AvgIpc) is 3.07. The van der Waals surface area contributed by atoms with Gasteiger partial charge in [-0.15, -0.1) is 0 Å². The van der Waals surface area contributed by atoms with Crippen molar-refractivity contribution in [3.05, 3.63) is 68.3 Å². The molecule has 1 atom stereocenters. The van der Waals surface area contributed by atoms with Crippen molar-refractivity contribution in [1.82, 2.24) is 19.7 Å². The Morgan fingerprint density at radius 1 is 1.29 bits per heavy atom. The Morgan fingerprint density at radius 3 is 3.00 bits per heavy atom. The van der Waals surface area contributed by atoms with E-state index in [1.165, 1.54) is 21.9 Å². The first kappa shape index (κ1) is 14.6. The summed E-state index contributed by atoms with van der Waals surface area (Å²) < 4.78 is 6.57. The standard InChI is InChI=1S/C17H16N4O3/c1-21-9-13(15(22)19-17(21)23)16-18-14(20-24-16)12-8-4-6-10-5-2-3-7-11(10)12/h2-3,5,7,9,12H,4,6,8H2,1H3,(H,19,22,23). The molecule has 0 saturated heterocycles. The van der Waals surface area contributed by atoms with Crippen molar-refractivity contribution in [2.24, 2.45) is 7.05 Å². The highest BCUT2D eigenvalue weighted by atomic mass is 16.5. The van der Waals surface area contributed by atoms with E-state index in [1.54, 1.807) is 7.05 Å². The molecule has 1 aliphatic rings. The predicted octanol–water partition coefficient (Wildman–Crippen LogP) is 1.59. The van der Waals surface area contributed by atoms with Crippen molar-refractivity contribution >= 4 is 0 Å². The minimum absolute atomic E-state index is 0.0686. The van der Waals surface area contributed by atoms with Gasteiger partial charge in [-0.2, -0.15) is 4.98 Å². The maximum absolute atomic E-state index is 12.0. The van der Waals surface area contributed by atoms with Gasteiger partial charge >= 0.3 is 5.69 Å². The Labute approximate surface area is 137 Å². The van der Waals surface area contributed by atoms with E-state index in [0.29, 0.717) is 5.82 Å². The summed E-state index contributed by atoms with van der Waals surface area (Å²) in [6.45, 7) is 0. The van der Waals surface area contributed by atoms with Crippen molar-refractivity contribution in [1.29, 1.82) is 0 Å². The first-order valence-corrected chi connectivity index (χ1v) is 7.85. The third kappa shape index (κ3) is 2.38. The van der Waals surface area contributed by atoms with Crippen LogP contribution in [0.25, 0.3) is 11.5 Å². The number of rotatable bonds is 2. The van der Waals surface area contributed by atoms with Crippen LogP contribution in [0.5, 0.6) is 0 Å². The predicted molar refractivity (Wildman–Crippen MR) is 86.8 cm³/mol. The lowest BCUT2D eigenvalue weighted by Crippen LogP contribution is -2.28. The monoisotopic (exact) mass is 324 g/mol. The molecule has 2 aromatic heterocycles. The van der Waals surface area contributed by atoms with Crippen LogP contribution in [0, 0.1) is 0 Å². The second-order valence-electron chi connectivity index (χ2n) is 6.01. The zero-order valence-corrected chi connectivity index (χ0v) is 13.2. The SMILES string of the molecule is Cn1cc(-c2nc(C3CCCc4ccccc43)no2)c(=O)[nH]c1=O. The molecule has 0 fully saturated rings. The average molecular weight is 324 g/mol. The molecule has 122 valence electrons. The summed E-state index contributed by atoms with van der Waals surface area (Å²) in [4.78, 5) is 30.1. The summed E-state index contributed by atoms with van der Waals surface area (Å²) in [6.07, 6.45) is 4.47. The van der Waals surface area contributed by atoms with Gasteiger partial charge in [0.2, 0.25) is 0 Å². The van der Waals surface area contributed by atoms with Crippen molar-refractivity contribution in [2.45, 2.75) is 25.2 Å². The van der Waals surface area contributed by atoms with Gasteiger partial charge < -0.3 is 9.09 Å². The molecule has 24 heavy (non-hydrogen) atoms. The molecule has 4 rings (SSSR count). The number of nitrogens with zero attached hydrogens (tertiary/aromatic N) is 3. The Hall–Kier alpha value is -2.96. The van der Waals surface area contributed by atoms with E-state index in [2.05, 4.69) is 27.3 Å². The maximum atomic E-state index is 12.0. The second-order valence-corrected chi connectivity index (χ2v) is 6.01. The first-order chi connectivity index (χ1) is 11.6. The smallest absolute Gasteiger partial charge is 0.328 e. The fraction of sp³-hybridized carbons (Fsp3) is 0.294. The zero-order chi connectivity index (χ0) is 16.7. The zero-order valence-electron chi connectivity index (χ0n) is 13.2. The minimum atomic E-state index is -0.530. The van der Waals surface area contributed by atoms with Crippen LogP contribution in [0.4, 0.5) is 0 Å². The highest BCUT2D eigenvalue weighted by molar-refractivity contribution is 5.49. The molecule has 1 N–H and O–H groups in total. The first-order valence-electron chi connectivity index (χ1n) is 7.85. The lowest BCUT2D eigenvalue weighted by molar-refractivity contribution is 0.414. The molecular weight excluding hydrogens is 308 g/mol.